The molecule has 0 aromatic heterocycles. The standard InChI is InChI=1S/2Ca.H4O4Si.O4Si.H4Si/c;;2*1-5(2,3)4;/h;;1-4H;;1H4/q2*+2;;-4;. The van der Waals surface area contributed by atoms with Crippen molar-refractivity contribution in [1.29, 1.82) is 0 Å². The Bertz CT molecular complexity index is 60.4. The minimum Gasteiger partial charge on any atom is -0.894 e. The molecule has 0 radical (unpaired) electrons. The zero-order valence-corrected chi connectivity index (χ0v) is 12.3. The molecule has 8 nitrogen and oxygen atoms in total. The molecule has 0 aliphatic rings. The van der Waals surface area contributed by atoms with Crippen molar-refractivity contribution in [2.45, 2.75) is 0 Å². The summed E-state index contributed by atoms with van der Waals surface area (Å²) >= 11 is 0. The van der Waals surface area contributed by atoms with Gasteiger partial charge in [-0.15, -0.1) is 0 Å². The van der Waals surface area contributed by atoms with E-state index in [9.17, 15) is 0 Å². The maximum Gasteiger partial charge on any atom is 2.00 e. The van der Waals surface area contributed by atoms with Gasteiger partial charge in [-0.1, -0.05) is 0 Å². The van der Waals surface area contributed by atoms with Gasteiger partial charge in [-0.25, -0.2) is 0 Å². The molecule has 72 valence electrons. The van der Waals surface area contributed by atoms with E-state index in [1.54, 1.807) is 0 Å². The Morgan fingerprint density at radius 2 is 0.692 bits per heavy atom. The molecule has 0 saturated heterocycles. The van der Waals surface area contributed by atoms with Gasteiger partial charge in [0, 0.05) is 0 Å². The Morgan fingerprint density at radius 1 is 0.692 bits per heavy atom. The molecule has 13 heavy (non-hydrogen) atoms. The molecule has 0 aliphatic carbocycles. The van der Waals surface area contributed by atoms with Crippen molar-refractivity contribution >= 4 is 105 Å². The normalized spacial score (nSPS) is 9.23. The van der Waals surface area contributed by atoms with Crippen LogP contribution in [0, 0.1) is 0 Å². The molecular weight excluding hydrogens is 292 g/mol. The third-order valence-electron chi connectivity index (χ3n) is 0. The zero-order valence-electron chi connectivity index (χ0n) is 5.84. The fraction of sp³-hybridized carbons (Fsp3) is 0. The Morgan fingerprint density at radius 3 is 0.692 bits per heavy atom. The first-order valence-electron chi connectivity index (χ1n) is 1.71. The fourth-order valence-electron chi connectivity index (χ4n) is 0. The Kier molecular flexibility index (Phi) is 29.5. The smallest absolute Gasteiger partial charge is 0.894 e. The second-order valence-electron chi connectivity index (χ2n) is 1.10. The van der Waals surface area contributed by atoms with Crippen LogP contribution in [0.5, 0.6) is 0 Å². The van der Waals surface area contributed by atoms with Gasteiger partial charge < -0.3 is 47.4 Å². The summed E-state index contributed by atoms with van der Waals surface area (Å²) in [5, 5.41) is 0. The van der Waals surface area contributed by atoms with Crippen LogP contribution in [-0.4, -0.2) is 124 Å². The van der Waals surface area contributed by atoms with Crippen LogP contribution in [0.2, 0.25) is 0 Å². The van der Waals surface area contributed by atoms with Crippen LogP contribution in [0.3, 0.4) is 0 Å². The molecule has 4 N–H and O–H groups in total. The minimum absolute atomic E-state index is 0. The van der Waals surface area contributed by atoms with Gasteiger partial charge in [0.1, 0.15) is 0 Å². The summed E-state index contributed by atoms with van der Waals surface area (Å²) in [5.41, 5.74) is 0. The van der Waals surface area contributed by atoms with Crippen molar-refractivity contribution < 1.29 is 38.4 Å². The van der Waals surface area contributed by atoms with E-state index in [1.165, 1.54) is 0 Å². The van der Waals surface area contributed by atoms with E-state index in [1.807, 2.05) is 0 Å². The van der Waals surface area contributed by atoms with E-state index in [4.69, 9.17) is 38.4 Å². The third-order valence-corrected chi connectivity index (χ3v) is 0. The molecule has 0 aliphatic heterocycles. The zero-order chi connectivity index (χ0) is 9.00. The predicted molar refractivity (Wildman–Crippen MR) is 43.2 cm³/mol. The molecule has 0 saturated carbocycles. The summed E-state index contributed by atoms with van der Waals surface area (Å²) in [4.78, 5) is 63.6. The number of rotatable bonds is 0. The Hall–Kier alpha value is 2.85. The molecule has 0 aromatic carbocycles. The first-order chi connectivity index (χ1) is 4.00. The molecule has 0 heterocycles. The van der Waals surface area contributed by atoms with E-state index in [0.29, 0.717) is 0 Å². The van der Waals surface area contributed by atoms with Gasteiger partial charge in [0.05, 0.1) is 0 Å². The molecular formula is H8Ca2O8Si3. The largest absolute Gasteiger partial charge is 2.00 e. The minimum atomic E-state index is -5.61. The van der Waals surface area contributed by atoms with E-state index >= 15 is 0 Å². The quantitative estimate of drug-likeness (QED) is 0.319. The maximum absolute atomic E-state index is 8.58. The second kappa shape index (κ2) is 12.9. The molecule has 13 heteroatoms. The van der Waals surface area contributed by atoms with E-state index < -0.39 is 18.1 Å². The predicted octanol–water partition coefficient (Wildman–Crippen LogP) is -9.96. The molecule has 0 spiro atoms. The van der Waals surface area contributed by atoms with Crippen LogP contribution in [0.1, 0.15) is 0 Å². The number of hydrogen-bond acceptors (Lipinski definition) is 8. The van der Waals surface area contributed by atoms with Gasteiger partial charge in [-0.2, -0.15) is 0 Å². The summed E-state index contributed by atoms with van der Waals surface area (Å²) in [7, 11) is -10.2. The molecule has 0 rings (SSSR count). The molecule has 0 bridgehead atoms. The monoisotopic (exact) mass is 300 g/mol. The van der Waals surface area contributed by atoms with Gasteiger partial charge in [-0.05, 0) is 11.0 Å². The topological polar surface area (TPSA) is 173 Å². The Balaban J connectivity index is -0.0000000267. The van der Waals surface area contributed by atoms with Crippen LogP contribution in [0.15, 0.2) is 0 Å². The van der Waals surface area contributed by atoms with Crippen molar-refractivity contribution in [2.75, 3.05) is 0 Å². The van der Waals surface area contributed by atoms with Crippen LogP contribution in [-0.2, 0) is 0 Å². The van der Waals surface area contributed by atoms with Crippen LogP contribution < -0.4 is 19.2 Å². The van der Waals surface area contributed by atoms with Crippen molar-refractivity contribution in [2.24, 2.45) is 0 Å². The van der Waals surface area contributed by atoms with Gasteiger partial charge in [-0.3, -0.25) is 0 Å². The summed E-state index contributed by atoms with van der Waals surface area (Å²) < 4.78 is 0. The molecule has 0 unspecified atom stereocenters. The SMILES string of the molecule is O[Si](O)(O)O.[Ca+2].[Ca+2].[O-][Si]([O-])([O-])[O-].[SiH4]. The molecule has 0 aromatic rings. The second-order valence-corrected chi connectivity index (χ2v) is 3.30. The maximum atomic E-state index is 8.58. The molecule has 0 amide bonds. The summed E-state index contributed by atoms with van der Waals surface area (Å²) in [5.74, 6) is 0. The number of hydrogen-bond donors (Lipinski definition) is 4. The van der Waals surface area contributed by atoms with Gasteiger partial charge >= 0.3 is 84.5 Å². The fourth-order valence-corrected chi connectivity index (χ4v) is 0. The van der Waals surface area contributed by atoms with Gasteiger partial charge in [0.2, 0.25) is 0 Å². The summed E-state index contributed by atoms with van der Waals surface area (Å²) in [6.07, 6.45) is 0. The summed E-state index contributed by atoms with van der Waals surface area (Å²) in [6, 6.07) is 0. The van der Waals surface area contributed by atoms with Gasteiger partial charge in [0.25, 0.3) is 0 Å². The van der Waals surface area contributed by atoms with E-state index in [2.05, 4.69) is 0 Å². The van der Waals surface area contributed by atoms with Crippen LogP contribution in [0.25, 0.3) is 0 Å². The van der Waals surface area contributed by atoms with E-state index in [0.717, 1.165) is 0 Å². The first kappa shape index (κ1) is 29.7. The third kappa shape index (κ3) is 302. The average molecular weight is 300 g/mol. The van der Waals surface area contributed by atoms with Crippen molar-refractivity contribution in [1.82, 2.24) is 0 Å². The van der Waals surface area contributed by atoms with Crippen LogP contribution in [0.4, 0.5) is 0 Å². The Labute approximate surface area is 140 Å². The van der Waals surface area contributed by atoms with Crippen molar-refractivity contribution in [3.63, 3.8) is 0 Å². The van der Waals surface area contributed by atoms with Crippen LogP contribution >= 0.6 is 0 Å². The van der Waals surface area contributed by atoms with Crippen molar-refractivity contribution in [3.05, 3.63) is 0 Å². The average Bonchev–Trinajstić information content (AvgIpc) is 1.12. The molecule has 0 fully saturated rings. The first-order valence-corrected chi connectivity index (χ1v) is 5.13. The summed E-state index contributed by atoms with van der Waals surface area (Å²) in [6.45, 7) is 0. The molecule has 0 atom stereocenters. The van der Waals surface area contributed by atoms with Gasteiger partial charge in [0.15, 0.2) is 0 Å². The van der Waals surface area contributed by atoms with Crippen molar-refractivity contribution in [3.8, 4) is 0 Å². The van der Waals surface area contributed by atoms with E-state index in [-0.39, 0.29) is 86.4 Å².